The van der Waals surface area contributed by atoms with Gasteiger partial charge in [-0.05, 0) is 48.9 Å². The van der Waals surface area contributed by atoms with Crippen LogP contribution in [-0.4, -0.2) is 12.7 Å². The van der Waals surface area contributed by atoms with Crippen molar-refractivity contribution in [3.8, 4) is 5.75 Å². The molecular weight excluding hydrogens is 260 g/mol. The van der Waals surface area contributed by atoms with Crippen LogP contribution in [0.25, 0.3) is 0 Å². The zero-order valence-corrected chi connectivity index (χ0v) is 12.1. The molecule has 0 amide bonds. The highest BCUT2D eigenvalue weighted by Gasteiger charge is 2.23. The lowest BCUT2D eigenvalue weighted by atomic mass is 9.79. The minimum Gasteiger partial charge on any atom is -0.435 e. The second-order valence-electron chi connectivity index (χ2n) is 5.91. The molecule has 0 aliphatic heterocycles. The average Bonchev–Trinajstić information content (AvgIpc) is 2.41. The van der Waals surface area contributed by atoms with Crippen LogP contribution < -0.4 is 10.1 Å². The molecular formula is C16H23F2NO. The van der Waals surface area contributed by atoms with E-state index in [1.807, 2.05) is 0 Å². The van der Waals surface area contributed by atoms with Crippen molar-refractivity contribution >= 4 is 5.69 Å². The molecule has 1 aliphatic carbocycles. The van der Waals surface area contributed by atoms with Crippen LogP contribution in [-0.2, 0) is 0 Å². The van der Waals surface area contributed by atoms with Gasteiger partial charge in [0.2, 0.25) is 0 Å². The first-order chi connectivity index (χ1) is 9.54. The molecule has 2 rings (SSSR count). The van der Waals surface area contributed by atoms with Crippen LogP contribution in [0.2, 0.25) is 0 Å². The molecule has 1 saturated carbocycles. The number of alkyl halides is 2. The molecule has 20 heavy (non-hydrogen) atoms. The highest BCUT2D eigenvalue weighted by Crippen LogP contribution is 2.31. The van der Waals surface area contributed by atoms with E-state index < -0.39 is 6.61 Å². The summed E-state index contributed by atoms with van der Waals surface area (Å²) < 4.78 is 28.5. The second-order valence-corrected chi connectivity index (χ2v) is 5.91. The first kappa shape index (κ1) is 15.1. The zero-order valence-electron chi connectivity index (χ0n) is 12.1. The predicted octanol–water partition coefficient (Wildman–Crippen LogP) is 4.91. The maximum absolute atomic E-state index is 12.1. The third-order valence-corrected chi connectivity index (χ3v) is 4.11. The zero-order chi connectivity index (χ0) is 14.5. The highest BCUT2D eigenvalue weighted by atomic mass is 19.3. The van der Waals surface area contributed by atoms with Crippen molar-refractivity contribution in [1.82, 2.24) is 0 Å². The summed E-state index contributed by atoms with van der Waals surface area (Å²) in [4.78, 5) is 0. The summed E-state index contributed by atoms with van der Waals surface area (Å²) in [6, 6.07) is 7.25. The third kappa shape index (κ3) is 4.36. The molecule has 1 fully saturated rings. The second kappa shape index (κ2) is 6.91. The van der Waals surface area contributed by atoms with Crippen molar-refractivity contribution in [1.29, 1.82) is 0 Å². The van der Waals surface area contributed by atoms with Gasteiger partial charge in [0.05, 0.1) is 0 Å². The topological polar surface area (TPSA) is 21.3 Å². The normalized spacial score (nSPS) is 23.1. The molecule has 1 N–H and O–H groups in total. The number of rotatable bonds is 5. The minimum absolute atomic E-state index is 0.203. The van der Waals surface area contributed by atoms with Gasteiger partial charge in [0.15, 0.2) is 0 Å². The lowest BCUT2D eigenvalue weighted by Crippen LogP contribution is -2.29. The monoisotopic (exact) mass is 283 g/mol. The Hall–Kier alpha value is -1.32. The Labute approximate surface area is 119 Å². The van der Waals surface area contributed by atoms with Gasteiger partial charge >= 0.3 is 6.61 Å². The van der Waals surface area contributed by atoms with Crippen molar-refractivity contribution in [2.24, 2.45) is 11.8 Å². The summed E-state index contributed by atoms with van der Waals surface area (Å²) in [7, 11) is 0. The molecule has 0 radical (unpaired) electrons. The molecule has 2 atom stereocenters. The van der Waals surface area contributed by atoms with Gasteiger partial charge in [0.1, 0.15) is 5.75 Å². The summed E-state index contributed by atoms with van der Waals surface area (Å²) >= 11 is 0. The van der Waals surface area contributed by atoms with Crippen LogP contribution in [0.1, 0.15) is 39.5 Å². The van der Waals surface area contributed by atoms with E-state index in [2.05, 4.69) is 23.9 Å². The number of ether oxygens (including phenoxy) is 1. The maximum atomic E-state index is 12.1. The Kier molecular flexibility index (Phi) is 5.21. The largest absolute Gasteiger partial charge is 0.435 e. The first-order valence-electron chi connectivity index (χ1n) is 7.36. The predicted molar refractivity (Wildman–Crippen MR) is 77.3 cm³/mol. The Bertz CT molecular complexity index is 405. The van der Waals surface area contributed by atoms with E-state index in [0.717, 1.165) is 17.5 Å². The van der Waals surface area contributed by atoms with Gasteiger partial charge in [0.25, 0.3) is 0 Å². The Morgan fingerprint density at radius 1 is 1.15 bits per heavy atom. The number of hydrogen-bond acceptors (Lipinski definition) is 2. The van der Waals surface area contributed by atoms with E-state index in [9.17, 15) is 8.78 Å². The lowest BCUT2D eigenvalue weighted by Gasteiger charge is -2.32. The fraction of sp³-hybridized carbons (Fsp3) is 0.625. The van der Waals surface area contributed by atoms with Crippen LogP contribution in [0, 0.1) is 11.8 Å². The number of anilines is 1. The fourth-order valence-electron chi connectivity index (χ4n) is 2.93. The van der Waals surface area contributed by atoms with Crippen molar-refractivity contribution in [3.63, 3.8) is 0 Å². The molecule has 1 aromatic carbocycles. The maximum Gasteiger partial charge on any atom is 0.387 e. The number of hydrogen-bond donors (Lipinski definition) is 1. The summed E-state index contributed by atoms with van der Waals surface area (Å²) in [5, 5.41) is 3.50. The van der Waals surface area contributed by atoms with E-state index in [0.29, 0.717) is 6.04 Å². The van der Waals surface area contributed by atoms with Crippen LogP contribution in [0.15, 0.2) is 24.3 Å². The molecule has 0 saturated heterocycles. The number of halogens is 2. The smallest absolute Gasteiger partial charge is 0.387 e. The van der Waals surface area contributed by atoms with E-state index >= 15 is 0 Å². The molecule has 0 bridgehead atoms. The van der Waals surface area contributed by atoms with Gasteiger partial charge in [-0.15, -0.1) is 0 Å². The van der Waals surface area contributed by atoms with E-state index in [4.69, 9.17) is 0 Å². The first-order valence-corrected chi connectivity index (χ1v) is 7.36. The third-order valence-electron chi connectivity index (χ3n) is 4.11. The highest BCUT2D eigenvalue weighted by molar-refractivity contribution is 5.47. The fourth-order valence-corrected chi connectivity index (χ4v) is 2.93. The van der Waals surface area contributed by atoms with E-state index in [1.54, 1.807) is 24.3 Å². The van der Waals surface area contributed by atoms with E-state index in [1.165, 1.54) is 25.7 Å². The summed E-state index contributed by atoms with van der Waals surface area (Å²) in [6.07, 6.45) is 4.94. The van der Waals surface area contributed by atoms with Crippen LogP contribution in [0.4, 0.5) is 14.5 Å². The van der Waals surface area contributed by atoms with Crippen molar-refractivity contribution in [2.75, 3.05) is 5.32 Å². The van der Waals surface area contributed by atoms with Gasteiger partial charge in [-0.3, -0.25) is 0 Å². The van der Waals surface area contributed by atoms with Gasteiger partial charge in [-0.1, -0.05) is 26.7 Å². The van der Waals surface area contributed by atoms with Gasteiger partial charge in [-0.25, -0.2) is 0 Å². The molecule has 1 aromatic rings. The number of benzene rings is 1. The molecule has 0 spiro atoms. The van der Waals surface area contributed by atoms with E-state index in [-0.39, 0.29) is 5.75 Å². The van der Waals surface area contributed by atoms with Crippen molar-refractivity contribution in [2.45, 2.75) is 52.2 Å². The van der Waals surface area contributed by atoms with Crippen molar-refractivity contribution in [3.05, 3.63) is 24.3 Å². The average molecular weight is 283 g/mol. The van der Waals surface area contributed by atoms with Crippen LogP contribution in [0.5, 0.6) is 5.75 Å². The van der Waals surface area contributed by atoms with Gasteiger partial charge < -0.3 is 10.1 Å². The SMILES string of the molecule is CC(C)C1CCCC(Nc2ccc(OC(F)F)cc2)C1. The standard InChI is InChI=1S/C16H23F2NO/c1-11(2)12-4-3-5-14(10-12)19-13-6-8-15(9-7-13)20-16(17)18/h6-9,11-12,14,16,19H,3-5,10H2,1-2H3. The minimum atomic E-state index is -2.76. The molecule has 0 heterocycles. The van der Waals surface area contributed by atoms with Gasteiger partial charge in [0, 0.05) is 11.7 Å². The summed E-state index contributed by atoms with van der Waals surface area (Å²) in [5.74, 6) is 1.71. The lowest BCUT2D eigenvalue weighted by molar-refractivity contribution is -0.0498. The summed E-state index contributed by atoms with van der Waals surface area (Å²) in [5.41, 5.74) is 0.973. The van der Waals surface area contributed by atoms with Crippen LogP contribution >= 0.6 is 0 Å². The quantitative estimate of drug-likeness (QED) is 0.828. The molecule has 4 heteroatoms. The van der Waals surface area contributed by atoms with Crippen LogP contribution in [0.3, 0.4) is 0 Å². The molecule has 0 aromatic heterocycles. The number of nitrogens with one attached hydrogen (secondary N) is 1. The van der Waals surface area contributed by atoms with Crippen molar-refractivity contribution < 1.29 is 13.5 Å². The Balaban J connectivity index is 1.89. The van der Waals surface area contributed by atoms with Gasteiger partial charge in [-0.2, -0.15) is 8.78 Å². The summed E-state index contributed by atoms with van der Waals surface area (Å²) in [6.45, 7) is 1.80. The molecule has 1 aliphatic rings. The Morgan fingerprint density at radius 3 is 2.45 bits per heavy atom. The Morgan fingerprint density at radius 2 is 1.85 bits per heavy atom. The molecule has 2 unspecified atom stereocenters. The molecule has 2 nitrogen and oxygen atoms in total. The molecule has 112 valence electrons.